The van der Waals surface area contributed by atoms with Gasteiger partial charge in [0.2, 0.25) is 5.91 Å². The summed E-state index contributed by atoms with van der Waals surface area (Å²) >= 11 is 0. The van der Waals surface area contributed by atoms with Gasteiger partial charge in [0, 0.05) is 18.3 Å². The van der Waals surface area contributed by atoms with Gasteiger partial charge in [0.15, 0.2) is 0 Å². The molecule has 3 N–H and O–H groups in total. The highest BCUT2D eigenvalue weighted by atomic mass is 16.2. The number of carbonyl (C=O) groups excluding carboxylic acids is 2. The van der Waals surface area contributed by atoms with E-state index in [1.54, 1.807) is 6.08 Å². The number of hydrogen-bond donors (Lipinski definition) is 2. The molecule has 5 heteroatoms. The van der Waals surface area contributed by atoms with Gasteiger partial charge in [-0.3, -0.25) is 9.59 Å². The molecule has 4 rings (SSSR count). The third kappa shape index (κ3) is 4.08. The molecule has 1 unspecified atom stereocenters. The maximum absolute atomic E-state index is 12.7. The predicted molar refractivity (Wildman–Crippen MR) is 106 cm³/mol. The first kappa shape index (κ1) is 18.2. The number of amides is 2. The summed E-state index contributed by atoms with van der Waals surface area (Å²) in [5, 5.41) is 3.10. The quantitative estimate of drug-likeness (QED) is 0.759. The van der Waals surface area contributed by atoms with Crippen LogP contribution in [0.1, 0.15) is 44.1 Å². The Hall–Kier alpha value is -2.14. The second-order valence-corrected chi connectivity index (χ2v) is 8.17. The fourth-order valence-corrected chi connectivity index (χ4v) is 4.41. The van der Waals surface area contributed by atoms with Crippen LogP contribution in [0.2, 0.25) is 0 Å². The normalized spacial score (nSPS) is 22.0. The minimum Gasteiger partial charge on any atom is -0.348 e. The van der Waals surface area contributed by atoms with Crippen LogP contribution in [0.15, 0.2) is 36.4 Å². The van der Waals surface area contributed by atoms with Gasteiger partial charge in [-0.25, -0.2) is 0 Å². The highest BCUT2D eigenvalue weighted by molar-refractivity contribution is 6.03. The highest BCUT2D eigenvalue weighted by Crippen LogP contribution is 2.34. The third-order valence-corrected chi connectivity index (χ3v) is 6.25. The van der Waals surface area contributed by atoms with Crippen molar-refractivity contribution >= 4 is 17.5 Å². The molecule has 1 aromatic rings. The second kappa shape index (κ2) is 7.85. The van der Waals surface area contributed by atoms with Crippen molar-refractivity contribution < 1.29 is 9.59 Å². The number of fused-ring (bicyclic) bond motifs is 1. The maximum atomic E-state index is 12.7. The standard InChI is InChI=1S/C22H29N3O2/c23-21(17-6-1-2-7-17)22(27)24-18(15-9-10-15)11-12-20(26)25-14-13-16-5-3-4-8-19(16)25/h3-5,8,11-12,15,17-18,21H,1-2,6-7,9-10,13-14,23H2,(H,24,27)/b12-11+/t18-,21?/m1/s1. The fourth-order valence-electron chi connectivity index (χ4n) is 4.41. The predicted octanol–water partition coefficient (Wildman–Crippen LogP) is 2.54. The SMILES string of the molecule is NC(C(=O)N[C@H](/C=C/C(=O)N1CCc2ccccc21)C1CC1)C1CCCC1. The molecule has 0 spiro atoms. The lowest BCUT2D eigenvalue weighted by Gasteiger charge is -2.22. The first-order chi connectivity index (χ1) is 13.1. The van der Waals surface area contributed by atoms with E-state index in [0.29, 0.717) is 11.8 Å². The van der Waals surface area contributed by atoms with Crippen molar-refractivity contribution in [1.29, 1.82) is 0 Å². The van der Waals surface area contributed by atoms with Crippen LogP contribution in [0.4, 0.5) is 5.69 Å². The molecule has 0 aromatic heterocycles. The zero-order valence-electron chi connectivity index (χ0n) is 15.8. The van der Waals surface area contributed by atoms with Gasteiger partial charge in [-0.15, -0.1) is 0 Å². The van der Waals surface area contributed by atoms with Crippen LogP contribution in [0.5, 0.6) is 0 Å². The molecule has 2 fully saturated rings. The molecular formula is C22H29N3O2. The van der Waals surface area contributed by atoms with Gasteiger partial charge in [-0.2, -0.15) is 0 Å². The van der Waals surface area contributed by atoms with Crippen LogP contribution in [0, 0.1) is 11.8 Å². The molecule has 2 amide bonds. The van der Waals surface area contributed by atoms with Gasteiger partial charge in [0.25, 0.3) is 5.91 Å². The molecule has 144 valence electrons. The molecule has 1 aliphatic heterocycles. The summed E-state index contributed by atoms with van der Waals surface area (Å²) in [6, 6.07) is 7.52. The smallest absolute Gasteiger partial charge is 0.250 e. The average Bonchev–Trinajstić information content (AvgIpc) is 3.20. The number of carbonyl (C=O) groups is 2. The largest absolute Gasteiger partial charge is 0.348 e. The summed E-state index contributed by atoms with van der Waals surface area (Å²) in [5.41, 5.74) is 8.41. The average molecular weight is 367 g/mol. The van der Waals surface area contributed by atoms with E-state index in [1.807, 2.05) is 29.2 Å². The Kier molecular flexibility index (Phi) is 5.30. The van der Waals surface area contributed by atoms with Gasteiger partial charge >= 0.3 is 0 Å². The number of nitrogens with zero attached hydrogens (tertiary/aromatic N) is 1. The van der Waals surface area contributed by atoms with E-state index in [0.717, 1.165) is 44.3 Å². The molecule has 0 saturated heterocycles. The molecule has 5 nitrogen and oxygen atoms in total. The van der Waals surface area contributed by atoms with E-state index >= 15 is 0 Å². The van der Waals surface area contributed by atoms with Crippen LogP contribution in [-0.2, 0) is 16.0 Å². The van der Waals surface area contributed by atoms with Crippen LogP contribution < -0.4 is 16.0 Å². The fraction of sp³-hybridized carbons (Fsp3) is 0.545. The zero-order chi connectivity index (χ0) is 18.8. The van der Waals surface area contributed by atoms with Crippen LogP contribution in [0.3, 0.4) is 0 Å². The van der Waals surface area contributed by atoms with E-state index in [2.05, 4.69) is 11.4 Å². The van der Waals surface area contributed by atoms with Crippen molar-refractivity contribution in [3.8, 4) is 0 Å². The lowest BCUT2D eigenvalue weighted by molar-refractivity contribution is -0.124. The van der Waals surface area contributed by atoms with Gasteiger partial charge in [0.1, 0.15) is 0 Å². The Labute approximate surface area is 161 Å². The van der Waals surface area contributed by atoms with Crippen LogP contribution in [0.25, 0.3) is 0 Å². The monoisotopic (exact) mass is 367 g/mol. The summed E-state index contributed by atoms with van der Waals surface area (Å²) < 4.78 is 0. The summed E-state index contributed by atoms with van der Waals surface area (Å²) in [7, 11) is 0. The lowest BCUT2D eigenvalue weighted by Crippen LogP contribution is -2.48. The summed E-state index contributed by atoms with van der Waals surface area (Å²) in [4.78, 5) is 27.1. The van der Waals surface area contributed by atoms with E-state index in [1.165, 1.54) is 18.4 Å². The Bertz CT molecular complexity index is 735. The second-order valence-electron chi connectivity index (χ2n) is 8.17. The summed E-state index contributed by atoms with van der Waals surface area (Å²) in [5.74, 6) is 0.651. The Morgan fingerprint density at radius 1 is 1.11 bits per heavy atom. The van der Waals surface area contributed by atoms with Crippen LogP contribution >= 0.6 is 0 Å². The Morgan fingerprint density at radius 3 is 2.59 bits per heavy atom. The first-order valence-electron chi connectivity index (χ1n) is 10.3. The Morgan fingerprint density at radius 2 is 1.85 bits per heavy atom. The highest BCUT2D eigenvalue weighted by Gasteiger charge is 2.34. The number of nitrogens with one attached hydrogen (secondary N) is 1. The molecular weight excluding hydrogens is 338 g/mol. The topological polar surface area (TPSA) is 75.4 Å². The van der Waals surface area contributed by atoms with Crippen molar-refractivity contribution in [1.82, 2.24) is 5.32 Å². The van der Waals surface area contributed by atoms with Crippen molar-refractivity contribution in [2.24, 2.45) is 17.6 Å². The van der Waals surface area contributed by atoms with Gasteiger partial charge in [-0.05, 0) is 55.6 Å². The Balaban J connectivity index is 1.38. The number of hydrogen-bond acceptors (Lipinski definition) is 3. The third-order valence-electron chi connectivity index (χ3n) is 6.25. The van der Waals surface area contributed by atoms with Crippen LogP contribution in [-0.4, -0.2) is 30.4 Å². The number of anilines is 1. The molecule has 2 aliphatic carbocycles. The molecule has 3 aliphatic rings. The zero-order valence-corrected chi connectivity index (χ0v) is 15.8. The van der Waals surface area contributed by atoms with Gasteiger partial charge in [-0.1, -0.05) is 37.1 Å². The summed E-state index contributed by atoms with van der Waals surface area (Å²) in [6.07, 6.45) is 11.0. The lowest BCUT2D eigenvalue weighted by atomic mass is 9.97. The van der Waals surface area contributed by atoms with E-state index < -0.39 is 6.04 Å². The number of para-hydroxylation sites is 1. The van der Waals surface area contributed by atoms with Crippen molar-refractivity contribution in [3.05, 3.63) is 42.0 Å². The van der Waals surface area contributed by atoms with E-state index in [9.17, 15) is 9.59 Å². The summed E-state index contributed by atoms with van der Waals surface area (Å²) in [6.45, 7) is 0.718. The van der Waals surface area contributed by atoms with Crippen molar-refractivity contribution in [2.75, 3.05) is 11.4 Å². The molecule has 0 bridgehead atoms. The molecule has 1 aromatic carbocycles. The molecule has 0 radical (unpaired) electrons. The van der Waals surface area contributed by atoms with Gasteiger partial charge < -0.3 is 16.0 Å². The molecule has 27 heavy (non-hydrogen) atoms. The maximum Gasteiger partial charge on any atom is 0.250 e. The van der Waals surface area contributed by atoms with Crippen molar-refractivity contribution in [3.63, 3.8) is 0 Å². The molecule has 2 atom stereocenters. The number of nitrogens with two attached hydrogens (primary N) is 1. The van der Waals surface area contributed by atoms with E-state index in [-0.39, 0.29) is 17.9 Å². The molecule has 2 saturated carbocycles. The minimum absolute atomic E-state index is 0.0139. The molecule has 1 heterocycles. The van der Waals surface area contributed by atoms with Crippen molar-refractivity contribution in [2.45, 2.75) is 57.0 Å². The first-order valence-corrected chi connectivity index (χ1v) is 10.3. The number of benzene rings is 1. The number of rotatable bonds is 6. The van der Waals surface area contributed by atoms with E-state index in [4.69, 9.17) is 5.73 Å². The van der Waals surface area contributed by atoms with Gasteiger partial charge in [0.05, 0.1) is 12.1 Å². The minimum atomic E-state index is -0.427.